The Morgan fingerprint density at radius 2 is 1.95 bits per heavy atom. The zero-order chi connectivity index (χ0) is 15.4. The normalized spacial score (nSPS) is 12.7. The van der Waals surface area contributed by atoms with Crippen LogP contribution in [-0.4, -0.2) is 28.3 Å². The lowest BCUT2D eigenvalue weighted by molar-refractivity contribution is -0.139. The van der Waals surface area contributed by atoms with Crippen molar-refractivity contribution in [1.29, 1.82) is 0 Å². The highest BCUT2D eigenvalue weighted by molar-refractivity contribution is 5.67. The van der Waals surface area contributed by atoms with Crippen LogP contribution in [0.2, 0.25) is 0 Å². The molecule has 1 rings (SSSR count). The molecule has 0 aromatic carbocycles. The van der Waals surface area contributed by atoms with Crippen molar-refractivity contribution in [3.05, 3.63) is 11.7 Å². The van der Waals surface area contributed by atoms with Crippen molar-refractivity contribution in [3.63, 3.8) is 0 Å². The Labute approximate surface area is 119 Å². The minimum absolute atomic E-state index is 0.0572. The fraction of sp³-hybridized carbons (Fsp3) is 0.786. The van der Waals surface area contributed by atoms with E-state index in [9.17, 15) is 4.79 Å². The first-order chi connectivity index (χ1) is 9.28. The van der Waals surface area contributed by atoms with E-state index in [1.807, 2.05) is 27.7 Å². The van der Waals surface area contributed by atoms with Crippen LogP contribution in [0.4, 0.5) is 0 Å². The minimum Gasteiger partial charge on any atom is -0.481 e. The molecule has 6 nitrogen and oxygen atoms in total. The Balaban J connectivity index is 2.89. The third-order valence-corrected chi connectivity index (χ3v) is 3.67. The number of aromatic nitrogens is 2. The van der Waals surface area contributed by atoms with Gasteiger partial charge in [0.05, 0.1) is 6.42 Å². The second-order valence-corrected chi connectivity index (χ2v) is 5.83. The molecule has 20 heavy (non-hydrogen) atoms. The fourth-order valence-corrected chi connectivity index (χ4v) is 2.34. The summed E-state index contributed by atoms with van der Waals surface area (Å²) in [6.07, 6.45) is 1.98. The first-order valence-electron chi connectivity index (χ1n) is 6.88. The molecule has 0 radical (unpaired) electrons. The van der Waals surface area contributed by atoms with Crippen LogP contribution in [0.3, 0.4) is 0 Å². The van der Waals surface area contributed by atoms with Crippen LogP contribution < -0.4 is 0 Å². The summed E-state index contributed by atoms with van der Waals surface area (Å²) < 4.78 is 10.8. The van der Waals surface area contributed by atoms with Gasteiger partial charge in [0.15, 0.2) is 0 Å². The van der Waals surface area contributed by atoms with Crippen molar-refractivity contribution >= 4 is 5.97 Å². The average Bonchev–Trinajstić information content (AvgIpc) is 2.78. The number of carboxylic acids is 1. The molecule has 0 saturated carbocycles. The summed E-state index contributed by atoms with van der Waals surface area (Å²) in [7, 11) is 1.64. The number of rotatable bonds is 8. The topological polar surface area (TPSA) is 85.5 Å². The molecule has 0 aliphatic rings. The monoisotopic (exact) mass is 284 g/mol. The van der Waals surface area contributed by atoms with Crippen molar-refractivity contribution < 1.29 is 19.2 Å². The summed E-state index contributed by atoms with van der Waals surface area (Å²) in [5, 5.41) is 12.9. The third-order valence-electron chi connectivity index (χ3n) is 3.67. The number of hydrogen-bond donors (Lipinski definition) is 1. The van der Waals surface area contributed by atoms with Crippen molar-refractivity contribution in [3.8, 4) is 0 Å². The number of methoxy groups -OCH3 is 1. The predicted octanol–water partition coefficient (Wildman–Crippen LogP) is 2.77. The van der Waals surface area contributed by atoms with E-state index in [0.29, 0.717) is 18.1 Å². The van der Waals surface area contributed by atoms with E-state index < -0.39 is 17.0 Å². The molecule has 0 spiro atoms. The molecule has 1 aromatic rings. The summed E-state index contributed by atoms with van der Waals surface area (Å²) in [6.45, 7) is 7.76. The lowest BCUT2D eigenvalue weighted by Crippen LogP contribution is -2.28. The Bertz CT molecular complexity index is 442. The van der Waals surface area contributed by atoms with Gasteiger partial charge in [-0.2, -0.15) is 4.98 Å². The second-order valence-electron chi connectivity index (χ2n) is 5.83. The van der Waals surface area contributed by atoms with Gasteiger partial charge < -0.3 is 14.4 Å². The van der Waals surface area contributed by atoms with E-state index in [-0.39, 0.29) is 6.42 Å². The Hall–Kier alpha value is -1.43. The maximum atomic E-state index is 10.8. The molecule has 1 aromatic heterocycles. The summed E-state index contributed by atoms with van der Waals surface area (Å²) in [6, 6.07) is 0. The van der Waals surface area contributed by atoms with Crippen LogP contribution in [0, 0.1) is 5.41 Å². The Kier molecular flexibility index (Phi) is 5.28. The summed E-state index contributed by atoms with van der Waals surface area (Å²) in [5.41, 5.74) is -0.956. The van der Waals surface area contributed by atoms with Gasteiger partial charge in [-0.15, -0.1) is 0 Å². The summed E-state index contributed by atoms with van der Waals surface area (Å²) in [4.78, 5) is 15.2. The molecular weight excluding hydrogens is 260 g/mol. The first kappa shape index (κ1) is 16.6. The molecule has 0 fully saturated rings. The molecule has 114 valence electrons. The molecule has 0 bridgehead atoms. The molecule has 1 heterocycles. The average molecular weight is 284 g/mol. The highest BCUT2D eigenvalue weighted by atomic mass is 16.5. The molecule has 1 N–H and O–H groups in total. The molecule has 0 unspecified atom stereocenters. The fourth-order valence-electron chi connectivity index (χ4n) is 2.34. The van der Waals surface area contributed by atoms with Gasteiger partial charge in [-0.05, 0) is 18.3 Å². The second kappa shape index (κ2) is 6.35. The molecule has 6 heteroatoms. The third kappa shape index (κ3) is 3.79. The quantitative estimate of drug-likeness (QED) is 0.790. The van der Waals surface area contributed by atoms with Gasteiger partial charge in [-0.1, -0.05) is 32.9 Å². The SMILES string of the molecule is CCC(CC)(OC)c1noc(CC(C)(C)CC(=O)O)n1. The van der Waals surface area contributed by atoms with Gasteiger partial charge in [-0.25, -0.2) is 0 Å². The van der Waals surface area contributed by atoms with Gasteiger partial charge in [0.25, 0.3) is 0 Å². The van der Waals surface area contributed by atoms with Crippen LogP contribution in [0.25, 0.3) is 0 Å². The maximum Gasteiger partial charge on any atom is 0.303 e. The number of carbonyl (C=O) groups is 1. The van der Waals surface area contributed by atoms with E-state index in [1.54, 1.807) is 7.11 Å². The zero-order valence-corrected chi connectivity index (χ0v) is 12.9. The van der Waals surface area contributed by atoms with Crippen LogP contribution >= 0.6 is 0 Å². The van der Waals surface area contributed by atoms with E-state index in [4.69, 9.17) is 14.4 Å². The minimum atomic E-state index is -0.830. The first-order valence-corrected chi connectivity index (χ1v) is 6.88. The van der Waals surface area contributed by atoms with Crippen molar-refractivity contribution in [2.45, 2.75) is 59.0 Å². The van der Waals surface area contributed by atoms with Crippen molar-refractivity contribution in [1.82, 2.24) is 10.1 Å². The van der Waals surface area contributed by atoms with Gasteiger partial charge >= 0.3 is 5.97 Å². The van der Waals surface area contributed by atoms with Crippen LogP contribution in [0.1, 0.15) is 58.7 Å². The Morgan fingerprint density at radius 1 is 1.35 bits per heavy atom. The molecule has 0 amide bonds. The number of nitrogens with zero attached hydrogens (tertiary/aromatic N) is 2. The highest BCUT2D eigenvalue weighted by Gasteiger charge is 2.34. The van der Waals surface area contributed by atoms with Gasteiger partial charge in [0.1, 0.15) is 5.60 Å². The van der Waals surface area contributed by atoms with Crippen LogP contribution in [0.5, 0.6) is 0 Å². The van der Waals surface area contributed by atoms with Crippen molar-refractivity contribution in [2.24, 2.45) is 5.41 Å². The molecular formula is C14H24N2O4. The van der Waals surface area contributed by atoms with E-state index in [0.717, 1.165) is 12.8 Å². The van der Waals surface area contributed by atoms with Gasteiger partial charge in [-0.3, -0.25) is 4.79 Å². The Morgan fingerprint density at radius 3 is 2.40 bits per heavy atom. The van der Waals surface area contributed by atoms with Crippen molar-refractivity contribution in [2.75, 3.05) is 7.11 Å². The van der Waals surface area contributed by atoms with E-state index in [2.05, 4.69) is 10.1 Å². The predicted molar refractivity (Wildman–Crippen MR) is 73.3 cm³/mol. The number of ether oxygens (including phenoxy) is 1. The van der Waals surface area contributed by atoms with Crippen LogP contribution in [-0.2, 0) is 21.6 Å². The maximum absolute atomic E-state index is 10.8. The molecule has 0 atom stereocenters. The highest BCUT2D eigenvalue weighted by Crippen LogP contribution is 2.31. The smallest absolute Gasteiger partial charge is 0.303 e. The number of hydrogen-bond acceptors (Lipinski definition) is 5. The van der Waals surface area contributed by atoms with Crippen LogP contribution in [0.15, 0.2) is 4.52 Å². The molecule has 0 saturated heterocycles. The number of carboxylic acid groups (broad SMARTS) is 1. The lowest BCUT2D eigenvalue weighted by Gasteiger charge is -2.26. The zero-order valence-electron chi connectivity index (χ0n) is 12.9. The largest absolute Gasteiger partial charge is 0.481 e. The number of aliphatic carboxylic acids is 1. The lowest BCUT2D eigenvalue weighted by atomic mass is 9.86. The molecule has 0 aliphatic heterocycles. The van der Waals surface area contributed by atoms with E-state index in [1.165, 1.54) is 0 Å². The van der Waals surface area contributed by atoms with Gasteiger partial charge in [0.2, 0.25) is 11.7 Å². The standard InChI is InChI=1S/C14H24N2O4/c1-6-14(7-2,19-5)12-15-10(20-16-12)8-13(3,4)9-11(17)18/h6-9H2,1-5H3,(H,17,18). The van der Waals surface area contributed by atoms with E-state index >= 15 is 0 Å². The summed E-state index contributed by atoms with van der Waals surface area (Å²) in [5.74, 6) is 0.156. The molecule has 0 aliphatic carbocycles. The van der Waals surface area contributed by atoms with Gasteiger partial charge in [0, 0.05) is 13.5 Å². The summed E-state index contributed by atoms with van der Waals surface area (Å²) >= 11 is 0.